The maximum Gasteiger partial charge on any atom is 0.119 e. The number of aryl methyl sites for hydroxylation is 1. The minimum absolute atomic E-state index is 0.362. The first-order valence-electron chi connectivity index (χ1n) is 7.19. The summed E-state index contributed by atoms with van der Waals surface area (Å²) in [4.78, 5) is 0. The molecule has 1 atom stereocenters. The van der Waals surface area contributed by atoms with E-state index in [2.05, 4.69) is 11.8 Å². The van der Waals surface area contributed by atoms with Gasteiger partial charge >= 0.3 is 0 Å². The molecular formula is C17H21ClO2. The summed E-state index contributed by atoms with van der Waals surface area (Å²) in [6.07, 6.45) is 4.99. The van der Waals surface area contributed by atoms with Crippen molar-refractivity contribution in [2.75, 3.05) is 19.1 Å². The molecule has 1 aromatic rings. The van der Waals surface area contributed by atoms with Crippen LogP contribution in [0.15, 0.2) is 18.2 Å². The molecule has 0 amide bonds. The topological polar surface area (TPSA) is 18.5 Å². The standard InChI is InChI=1S/C17H21ClO2/c1-14-13-17(9-8-15(14)5-2-10-18)20-12-4-7-16-6-3-11-19-16/h8-9,13,16H,3-4,6-7,10-12H2,1H3. The quantitative estimate of drug-likeness (QED) is 0.465. The summed E-state index contributed by atoms with van der Waals surface area (Å²) in [5.74, 6) is 7.18. The Hall–Kier alpha value is -1.17. The summed E-state index contributed by atoms with van der Waals surface area (Å²) in [6.45, 7) is 3.71. The average molecular weight is 293 g/mol. The van der Waals surface area contributed by atoms with Crippen molar-refractivity contribution >= 4 is 11.6 Å². The van der Waals surface area contributed by atoms with Crippen molar-refractivity contribution in [3.63, 3.8) is 0 Å². The Balaban J connectivity index is 1.76. The van der Waals surface area contributed by atoms with Crippen molar-refractivity contribution < 1.29 is 9.47 Å². The van der Waals surface area contributed by atoms with Crippen LogP contribution in [0.5, 0.6) is 5.75 Å². The Bertz CT molecular complexity index is 481. The molecule has 1 aliphatic rings. The first-order valence-corrected chi connectivity index (χ1v) is 7.73. The third-order valence-electron chi connectivity index (χ3n) is 3.45. The van der Waals surface area contributed by atoms with E-state index in [1.165, 1.54) is 12.8 Å². The number of hydrogen-bond acceptors (Lipinski definition) is 2. The molecule has 0 aliphatic carbocycles. The molecule has 20 heavy (non-hydrogen) atoms. The van der Waals surface area contributed by atoms with E-state index in [4.69, 9.17) is 21.1 Å². The van der Waals surface area contributed by atoms with E-state index in [1.807, 2.05) is 25.1 Å². The molecule has 108 valence electrons. The van der Waals surface area contributed by atoms with E-state index in [1.54, 1.807) is 0 Å². The predicted octanol–water partition coefficient (Wildman–Crippen LogP) is 3.92. The lowest BCUT2D eigenvalue weighted by molar-refractivity contribution is 0.0981. The lowest BCUT2D eigenvalue weighted by atomic mass is 10.1. The summed E-state index contributed by atoms with van der Waals surface area (Å²) in [5, 5.41) is 0. The first-order chi connectivity index (χ1) is 9.79. The van der Waals surface area contributed by atoms with Crippen LogP contribution in [0.3, 0.4) is 0 Å². The van der Waals surface area contributed by atoms with Crippen molar-refractivity contribution in [3.05, 3.63) is 29.3 Å². The van der Waals surface area contributed by atoms with Gasteiger partial charge in [-0.3, -0.25) is 0 Å². The summed E-state index contributed by atoms with van der Waals surface area (Å²) >= 11 is 5.56. The van der Waals surface area contributed by atoms with Crippen LogP contribution >= 0.6 is 11.6 Å². The van der Waals surface area contributed by atoms with Crippen LogP contribution in [0.4, 0.5) is 0 Å². The van der Waals surface area contributed by atoms with Gasteiger partial charge in [0.1, 0.15) is 5.75 Å². The Morgan fingerprint density at radius 2 is 2.35 bits per heavy atom. The van der Waals surface area contributed by atoms with Crippen LogP contribution < -0.4 is 4.74 Å². The molecule has 0 N–H and O–H groups in total. The average Bonchev–Trinajstić information content (AvgIpc) is 2.96. The zero-order valence-corrected chi connectivity index (χ0v) is 12.7. The summed E-state index contributed by atoms with van der Waals surface area (Å²) < 4.78 is 11.4. The molecule has 1 heterocycles. The molecule has 1 saturated heterocycles. The van der Waals surface area contributed by atoms with Crippen LogP contribution in [-0.4, -0.2) is 25.2 Å². The number of halogens is 1. The molecule has 1 aliphatic heterocycles. The van der Waals surface area contributed by atoms with E-state index < -0.39 is 0 Å². The molecule has 1 aromatic carbocycles. The van der Waals surface area contributed by atoms with E-state index >= 15 is 0 Å². The smallest absolute Gasteiger partial charge is 0.119 e. The second-order valence-corrected chi connectivity index (χ2v) is 5.31. The first kappa shape index (κ1) is 15.2. The fourth-order valence-corrected chi connectivity index (χ4v) is 2.43. The maximum absolute atomic E-state index is 5.78. The minimum Gasteiger partial charge on any atom is -0.494 e. The van der Waals surface area contributed by atoms with E-state index in [9.17, 15) is 0 Å². The van der Waals surface area contributed by atoms with Crippen LogP contribution in [0.2, 0.25) is 0 Å². The van der Waals surface area contributed by atoms with Gasteiger partial charge in [0.25, 0.3) is 0 Å². The summed E-state index contributed by atoms with van der Waals surface area (Å²) in [5.41, 5.74) is 2.14. The number of rotatable bonds is 5. The molecule has 0 saturated carbocycles. The van der Waals surface area contributed by atoms with Gasteiger partial charge < -0.3 is 9.47 Å². The van der Waals surface area contributed by atoms with Crippen LogP contribution in [0, 0.1) is 18.8 Å². The third-order valence-corrected chi connectivity index (χ3v) is 3.58. The highest BCUT2D eigenvalue weighted by molar-refractivity contribution is 6.19. The zero-order chi connectivity index (χ0) is 14.2. The molecule has 1 unspecified atom stereocenters. The number of hydrogen-bond donors (Lipinski definition) is 0. The molecule has 0 aromatic heterocycles. The Kier molecular flexibility index (Phi) is 6.24. The number of ether oxygens (including phenoxy) is 2. The molecule has 2 nitrogen and oxygen atoms in total. The molecule has 0 radical (unpaired) electrons. The van der Waals surface area contributed by atoms with Gasteiger partial charge in [-0.2, -0.15) is 0 Å². The van der Waals surface area contributed by atoms with Gasteiger partial charge in [-0.05, 0) is 56.4 Å². The van der Waals surface area contributed by atoms with Crippen LogP contribution in [-0.2, 0) is 4.74 Å². The zero-order valence-electron chi connectivity index (χ0n) is 12.0. The van der Waals surface area contributed by atoms with E-state index in [0.717, 1.165) is 42.9 Å². The summed E-state index contributed by atoms with van der Waals surface area (Å²) in [6, 6.07) is 5.99. The summed E-state index contributed by atoms with van der Waals surface area (Å²) in [7, 11) is 0. The highest BCUT2D eigenvalue weighted by Gasteiger charge is 2.14. The maximum atomic E-state index is 5.78. The second-order valence-electron chi connectivity index (χ2n) is 5.04. The fraction of sp³-hybridized carbons (Fsp3) is 0.529. The lowest BCUT2D eigenvalue weighted by Gasteiger charge is -2.10. The third kappa shape index (κ3) is 4.74. The Morgan fingerprint density at radius 1 is 1.45 bits per heavy atom. The Morgan fingerprint density at radius 3 is 3.05 bits per heavy atom. The monoisotopic (exact) mass is 292 g/mol. The second kappa shape index (κ2) is 8.19. The highest BCUT2D eigenvalue weighted by atomic mass is 35.5. The molecule has 3 heteroatoms. The normalized spacial score (nSPS) is 17.6. The van der Waals surface area contributed by atoms with Gasteiger partial charge in [0.2, 0.25) is 0 Å². The Labute approximate surface area is 126 Å². The van der Waals surface area contributed by atoms with Gasteiger partial charge in [0.15, 0.2) is 0 Å². The molecule has 0 bridgehead atoms. The molecule has 1 fully saturated rings. The number of alkyl halides is 1. The predicted molar refractivity (Wildman–Crippen MR) is 82.5 cm³/mol. The largest absolute Gasteiger partial charge is 0.494 e. The van der Waals surface area contributed by atoms with Crippen molar-refractivity contribution in [2.24, 2.45) is 0 Å². The van der Waals surface area contributed by atoms with Crippen molar-refractivity contribution in [2.45, 2.75) is 38.7 Å². The van der Waals surface area contributed by atoms with Crippen molar-refractivity contribution in [3.8, 4) is 17.6 Å². The molecule has 0 spiro atoms. The van der Waals surface area contributed by atoms with E-state index in [-0.39, 0.29) is 0 Å². The van der Waals surface area contributed by atoms with Crippen LogP contribution in [0.1, 0.15) is 36.8 Å². The molecule has 2 rings (SSSR count). The minimum atomic E-state index is 0.362. The van der Waals surface area contributed by atoms with Gasteiger partial charge in [-0.15, -0.1) is 11.6 Å². The SMILES string of the molecule is Cc1cc(OCCCC2CCCO2)ccc1C#CCCl. The van der Waals surface area contributed by atoms with Crippen molar-refractivity contribution in [1.82, 2.24) is 0 Å². The molecular weight excluding hydrogens is 272 g/mol. The van der Waals surface area contributed by atoms with E-state index in [0.29, 0.717) is 12.0 Å². The van der Waals surface area contributed by atoms with Gasteiger partial charge in [0, 0.05) is 12.2 Å². The van der Waals surface area contributed by atoms with Gasteiger partial charge in [-0.1, -0.05) is 11.8 Å². The fourth-order valence-electron chi connectivity index (χ4n) is 2.37. The van der Waals surface area contributed by atoms with Gasteiger partial charge in [-0.25, -0.2) is 0 Å². The van der Waals surface area contributed by atoms with Crippen LogP contribution in [0.25, 0.3) is 0 Å². The van der Waals surface area contributed by atoms with Gasteiger partial charge in [0.05, 0.1) is 18.6 Å². The number of benzene rings is 1. The lowest BCUT2D eigenvalue weighted by Crippen LogP contribution is -2.07. The highest BCUT2D eigenvalue weighted by Crippen LogP contribution is 2.19. The van der Waals surface area contributed by atoms with Crippen molar-refractivity contribution in [1.29, 1.82) is 0 Å².